The first kappa shape index (κ1) is 7.94. The first-order valence-electron chi connectivity index (χ1n) is 5.19. The second-order valence-corrected chi connectivity index (χ2v) is 4.67. The van der Waals surface area contributed by atoms with E-state index in [0.29, 0.717) is 12.2 Å². The van der Waals surface area contributed by atoms with E-state index in [4.69, 9.17) is 0 Å². The highest BCUT2D eigenvalue weighted by molar-refractivity contribution is 5.89. The fraction of sp³-hybridized carbons (Fsp3) is 0.900. The quantitative estimate of drug-likeness (QED) is 0.579. The van der Waals surface area contributed by atoms with Gasteiger partial charge in [0.15, 0.2) is 0 Å². The van der Waals surface area contributed by atoms with Crippen LogP contribution in [-0.2, 0) is 4.79 Å². The lowest BCUT2D eigenvalue weighted by atomic mass is 9.83. The van der Waals surface area contributed by atoms with E-state index in [2.05, 4.69) is 4.90 Å². The van der Waals surface area contributed by atoms with E-state index < -0.39 is 0 Å². The van der Waals surface area contributed by atoms with Crippen LogP contribution in [0.3, 0.4) is 0 Å². The van der Waals surface area contributed by atoms with Crippen molar-refractivity contribution in [3.05, 3.63) is 0 Å². The third-order valence-corrected chi connectivity index (χ3v) is 4.01. The van der Waals surface area contributed by atoms with Crippen LogP contribution in [0.4, 0.5) is 0 Å². The Kier molecular flexibility index (Phi) is 1.43. The van der Waals surface area contributed by atoms with Gasteiger partial charge in [0.1, 0.15) is 5.78 Å². The largest absolute Gasteiger partial charge is 0.391 e. The molecule has 2 saturated heterocycles. The minimum atomic E-state index is -0.244. The molecule has 1 N–H and O–H groups in total. The highest BCUT2D eigenvalue weighted by atomic mass is 16.3. The second-order valence-electron chi connectivity index (χ2n) is 4.67. The van der Waals surface area contributed by atoms with Gasteiger partial charge in [-0.25, -0.2) is 0 Å². The maximum atomic E-state index is 11.7. The van der Waals surface area contributed by atoms with Gasteiger partial charge in [-0.05, 0) is 19.3 Å². The number of carbonyl (C=O) groups excluding carboxylic acids is 1. The normalized spacial score (nSPS) is 42.4. The zero-order valence-electron chi connectivity index (χ0n) is 7.70. The molecule has 1 spiro atoms. The van der Waals surface area contributed by atoms with Crippen molar-refractivity contribution in [3.63, 3.8) is 0 Å². The molecule has 3 aliphatic rings. The van der Waals surface area contributed by atoms with Crippen LogP contribution in [0.25, 0.3) is 0 Å². The summed E-state index contributed by atoms with van der Waals surface area (Å²) in [5.74, 6) is 0.412. The molecule has 1 saturated carbocycles. The predicted octanol–water partition coefficient (Wildman–Crippen LogP) is 0.175. The summed E-state index contributed by atoms with van der Waals surface area (Å²) in [5, 5.41) is 9.82. The van der Waals surface area contributed by atoms with Crippen LogP contribution in [-0.4, -0.2) is 41.0 Å². The molecule has 0 amide bonds. The molecule has 72 valence electrons. The summed E-state index contributed by atoms with van der Waals surface area (Å²) < 4.78 is 0. The second kappa shape index (κ2) is 2.34. The van der Waals surface area contributed by atoms with E-state index in [0.717, 1.165) is 32.4 Å². The summed E-state index contributed by atoms with van der Waals surface area (Å²) in [4.78, 5) is 14.0. The third kappa shape index (κ3) is 0.891. The number of rotatable bonds is 0. The van der Waals surface area contributed by atoms with Crippen LogP contribution in [0.1, 0.15) is 25.7 Å². The average Bonchev–Trinajstić information content (AvgIpc) is 2.81. The zero-order valence-corrected chi connectivity index (χ0v) is 7.70. The maximum Gasteiger partial charge on any atom is 0.141 e. The third-order valence-electron chi connectivity index (χ3n) is 4.01. The standard InChI is InChI=1S/C10H15NO2/c12-7-1-5-11-6-2-8(13)10(3-4-10)9(7)11/h7,9,12H,1-6H2. The summed E-state index contributed by atoms with van der Waals surface area (Å²) in [7, 11) is 0. The van der Waals surface area contributed by atoms with Crippen molar-refractivity contribution in [2.45, 2.75) is 37.8 Å². The average molecular weight is 181 g/mol. The first-order chi connectivity index (χ1) is 6.24. The van der Waals surface area contributed by atoms with Crippen LogP contribution < -0.4 is 0 Å². The Morgan fingerprint density at radius 1 is 1.38 bits per heavy atom. The molecule has 0 radical (unpaired) electrons. The van der Waals surface area contributed by atoms with E-state index >= 15 is 0 Å². The lowest BCUT2D eigenvalue weighted by molar-refractivity contribution is -0.132. The van der Waals surface area contributed by atoms with E-state index in [9.17, 15) is 9.90 Å². The summed E-state index contributed by atoms with van der Waals surface area (Å²) in [6.45, 7) is 1.86. The van der Waals surface area contributed by atoms with E-state index in [1.807, 2.05) is 0 Å². The Hall–Kier alpha value is -0.410. The predicted molar refractivity (Wildman–Crippen MR) is 47.3 cm³/mol. The Bertz CT molecular complexity index is 260. The van der Waals surface area contributed by atoms with Crippen molar-refractivity contribution in [3.8, 4) is 0 Å². The zero-order chi connectivity index (χ0) is 9.05. The van der Waals surface area contributed by atoms with Crippen LogP contribution >= 0.6 is 0 Å². The van der Waals surface area contributed by atoms with E-state index in [-0.39, 0.29) is 17.6 Å². The molecule has 2 unspecified atom stereocenters. The number of Topliss-reactive ketones (excluding diaryl/α,β-unsaturated/α-hetero) is 1. The first-order valence-corrected chi connectivity index (χ1v) is 5.19. The monoisotopic (exact) mass is 181 g/mol. The Morgan fingerprint density at radius 2 is 2.15 bits per heavy atom. The van der Waals surface area contributed by atoms with Crippen molar-refractivity contribution in [2.24, 2.45) is 5.41 Å². The summed E-state index contributed by atoms with van der Waals surface area (Å²) in [6.07, 6.45) is 3.36. The van der Waals surface area contributed by atoms with Gasteiger partial charge in [-0.1, -0.05) is 0 Å². The van der Waals surface area contributed by atoms with Crippen molar-refractivity contribution in [1.82, 2.24) is 4.90 Å². The highest BCUT2D eigenvalue weighted by Crippen LogP contribution is 2.56. The van der Waals surface area contributed by atoms with Gasteiger partial charge in [0.25, 0.3) is 0 Å². The lowest BCUT2D eigenvalue weighted by Gasteiger charge is -2.37. The summed E-state index contributed by atoms with van der Waals surface area (Å²) in [6, 6.07) is 0.175. The molecular formula is C10H15NO2. The number of aliphatic hydroxyl groups excluding tert-OH is 1. The van der Waals surface area contributed by atoms with Gasteiger partial charge in [0, 0.05) is 31.0 Å². The number of carbonyl (C=O) groups is 1. The molecule has 3 nitrogen and oxygen atoms in total. The van der Waals surface area contributed by atoms with Gasteiger partial charge in [0.05, 0.1) is 6.10 Å². The molecule has 0 aromatic rings. The minimum absolute atomic E-state index is 0.103. The van der Waals surface area contributed by atoms with Gasteiger partial charge in [-0.3, -0.25) is 9.69 Å². The molecule has 3 heteroatoms. The van der Waals surface area contributed by atoms with Gasteiger partial charge < -0.3 is 5.11 Å². The highest BCUT2D eigenvalue weighted by Gasteiger charge is 2.62. The molecular weight excluding hydrogens is 166 g/mol. The molecule has 13 heavy (non-hydrogen) atoms. The van der Waals surface area contributed by atoms with Crippen molar-refractivity contribution in [2.75, 3.05) is 13.1 Å². The molecule has 0 aromatic carbocycles. The Labute approximate surface area is 77.7 Å². The van der Waals surface area contributed by atoms with Crippen molar-refractivity contribution < 1.29 is 9.90 Å². The fourth-order valence-electron chi connectivity index (χ4n) is 3.18. The van der Waals surface area contributed by atoms with Gasteiger partial charge in [-0.2, -0.15) is 0 Å². The van der Waals surface area contributed by atoms with Crippen LogP contribution in [0.2, 0.25) is 0 Å². The fourth-order valence-corrected chi connectivity index (χ4v) is 3.18. The molecule has 3 rings (SSSR count). The van der Waals surface area contributed by atoms with Crippen LogP contribution in [0, 0.1) is 5.41 Å². The molecule has 3 fully saturated rings. The molecule has 2 aliphatic heterocycles. The van der Waals surface area contributed by atoms with Crippen molar-refractivity contribution >= 4 is 5.78 Å². The van der Waals surface area contributed by atoms with Gasteiger partial charge in [0.2, 0.25) is 0 Å². The number of piperidine rings is 1. The summed E-state index contributed by atoms with van der Waals surface area (Å²) >= 11 is 0. The molecule has 0 bridgehead atoms. The Morgan fingerprint density at radius 3 is 2.85 bits per heavy atom. The topological polar surface area (TPSA) is 40.5 Å². The number of hydrogen-bond donors (Lipinski definition) is 1. The molecule has 1 aliphatic carbocycles. The van der Waals surface area contributed by atoms with Crippen LogP contribution in [0.5, 0.6) is 0 Å². The number of nitrogens with zero attached hydrogens (tertiary/aromatic N) is 1. The number of fused-ring (bicyclic) bond motifs is 2. The number of aliphatic hydroxyl groups is 1. The van der Waals surface area contributed by atoms with Gasteiger partial charge in [-0.15, -0.1) is 0 Å². The number of ketones is 1. The Balaban J connectivity index is 1.95. The lowest BCUT2D eigenvalue weighted by Crippen LogP contribution is -2.51. The SMILES string of the molecule is O=C1CCN2CCC(O)C2C12CC2. The van der Waals surface area contributed by atoms with Crippen molar-refractivity contribution in [1.29, 1.82) is 0 Å². The van der Waals surface area contributed by atoms with E-state index in [1.54, 1.807) is 0 Å². The minimum Gasteiger partial charge on any atom is -0.391 e. The maximum absolute atomic E-state index is 11.7. The summed E-state index contributed by atoms with van der Waals surface area (Å²) in [5.41, 5.74) is -0.103. The molecule has 2 heterocycles. The smallest absolute Gasteiger partial charge is 0.141 e. The van der Waals surface area contributed by atoms with E-state index in [1.165, 1.54) is 0 Å². The molecule has 2 atom stereocenters. The number of hydrogen-bond acceptors (Lipinski definition) is 3. The van der Waals surface area contributed by atoms with Gasteiger partial charge >= 0.3 is 0 Å². The molecule has 0 aromatic heterocycles. The van der Waals surface area contributed by atoms with Crippen LogP contribution in [0.15, 0.2) is 0 Å².